The number of nitrogens with zero attached hydrogens (tertiary/aromatic N) is 2. The number of likely N-dealkylation sites (N-methyl/N-ethyl adjacent to an activating group) is 1. The molecule has 3 rings (SSSR count). The van der Waals surface area contributed by atoms with Crippen molar-refractivity contribution in [3.63, 3.8) is 0 Å². The van der Waals surface area contributed by atoms with Gasteiger partial charge in [-0.1, -0.05) is 0 Å². The first-order chi connectivity index (χ1) is 13.9. The predicted molar refractivity (Wildman–Crippen MR) is 106 cm³/mol. The molecule has 1 aromatic heterocycles. The summed E-state index contributed by atoms with van der Waals surface area (Å²) < 4.78 is 16.0. The maximum Gasteiger partial charge on any atom is 0.295 e. The van der Waals surface area contributed by atoms with Gasteiger partial charge in [0.25, 0.3) is 11.7 Å². The van der Waals surface area contributed by atoms with E-state index in [0.29, 0.717) is 30.3 Å². The minimum atomic E-state index is -0.822. The minimum Gasteiger partial charge on any atom is -0.507 e. The smallest absolute Gasteiger partial charge is 0.295 e. The summed E-state index contributed by atoms with van der Waals surface area (Å²) in [6.07, 6.45) is 1.47. The van der Waals surface area contributed by atoms with Gasteiger partial charge in [0.1, 0.15) is 29.1 Å². The molecule has 0 bridgehead atoms. The average molecular weight is 400 g/mol. The Kier molecular flexibility index (Phi) is 5.93. The molecule has 1 saturated heterocycles. The monoisotopic (exact) mass is 400 g/mol. The Bertz CT molecular complexity index is 933. The number of hydrogen-bond donors (Lipinski definition) is 1. The molecule has 1 amide bonds. The Hall–Kier alpha value is -3.26. The van der Waals surface area contributed by atoms with Crippen LogP contribution in [0, 0.1) is 0 Å². The highest BCUT2D eigenvalue weighted by Crippen LogP contribution is 2.41. The number of likely N-dealkylation sites (tertiary alicyclic amines) is 1. The van der Waals surface area contributed by atoms with Gasteiger partial charge in [0.15, 0.2) is 0 Å². The van der Waals surface area contributed by atoms with Gasteiger partial charge < -0.3 is 28.8 Å². The standard InChI is InChI=1S/C21H24N2O6/c1-22(2)9-10-23-18(15-6-5-11-29-15)17(20(25)21(23)26)19(24)14-8-7-13(27-3)12-16(14)28-4/h5-8,11-12,18,24H,9-10H2,1-4H3/t18-/m0/s1. The summed E-state index contributed by atoms with van der Waals surface area (Å²) in [5.74, 6) is -0.511. The van der Waals surface area contributed by atoms with Gasteiger partial charge in [-0.3, -0.25) is 9.59 Å². The normalized spacial score (nSPS) is 18.5. The lowest BCUT2D eigenvalue weighted by Crippen LogP contribution is -2.35. The molecule has 1 aromatic carbocycles. The van der Waals surface area contributed by atoms with Crippen LogP contribution in [0.5, 0.6) is 11.5 Å². The number of methoxy groups -OCH3 is 2. The number of carbonyl (C=O) groups excluding carboxylic acids is 2. The van der Waals surface area contributed by atoms with Crippen LogP contribution >= 0.6 is 0 Å². The molecular weight excluding hydrogens is 376 g/mol. The molecule has 2 aromatic rings. The van der Waals surface area contributed by atoms with E-state index in [1.807, 2.05) is 19.0 Å². The number of rotatable bonds is 7. The van der Waals surface area contributed by atoms with Crippen molar-refractivity contribution in [1.29, 1.82) is 0 Å². The van der Waals surface area contributed by atoms with E-state index in [0.717, 1.165) is 0 Å². The highest BCUT2D eigenvalue weighted by atomic mass is 16.5. The van der Waals surface area contributed by atoms with Gasteiger partial charge in [-0.25, -0.2) is 0 Å². The number of hydrogen-bond acceptors (Lipinski definition) is 7. The van der Waals surface area contributed by atoms with Gasteiger partial charge in [0.2, 0.25) is 0 Å². The quantitative estimate of drug-likeness (QED) is 0.433. The maximum atomic E-state index is 12.9. The van der Waals surface area contributed by atoms with Crippen LogP contribution in [-0.4, -0.2) is 68.0 Å². The molecular formula is C21H24N2O6. The summed E-state index contributed by atoms with van der Waals surface area (Å²) in [6.45, 7) is 0.857. The van der Waals surface area contributed by atoms with Crippen LogP contribution < -0.4 is 9.47 Å². The van der Waals surface area contributed by atoms with Crippen molar-refractivity contribution < 1.29 is 28.6 Å². The fourth-order valence-electron chi connectivity index (χ4n) is 3.30. The number of ketones is 1. The Morgan fingerprint density at radius 2 is 1.97 bits per heavy atom. The summed E-state index contributed by atoms with van der Waals surface area (Å²) in [5, 5.41) is 11.1. The molecule has 1 aliphatic heterocycles. The molecule has 0 spiro atoms. The lowest BCUT2D eigenvalue weighted by molar-refractivity contribution is -0.140. The molecule has 0 radical (unpaired) electrons. The number of benzene rings is 1. The van der Waals surface area contributed by atoms with Gasteiger partial charge in [-0.15, -0.1) is 0 Å². The number of aliphatic hydroxyl groups excluding tert-OH is 1. The summed E-state index contributed by atoms with van der Waals surface area (Å²) in [6, 6.07) is 7.35. The van der Waals surface area contributed by atoms with Crippen molar-refractivity contribution in [3.8, 4) is 11.5 Å². The molecule has 0 unspecified atom stereocenters. The Morgan fingerprint density at radius 3 is 2.55 bits per heavy atom. The largest absolute Gasteiger partial charge is 0.507 e. The maximum absolute atomic E-state index is 12.9. The van der Waals surface area contributed by atoms with Crippen molar-refractivity contribution in [2.75, 3.05) is 41.4 Å². The molecule has 1 aliphatic rings. The minimum absolute atomic E-state index is 0.0350. The second-order valence-corrected chi connectivity index (χ2v) is 6.88. The summed E-state index contributed by atoms with van der Waals surface area (Å²) >= 11 is 0. The zero-order valence-corrected chi connectivity index (χ0v) is 16.8. The first-order valence-electron chi connectivity index (χ1n) is 9.08. The third-order valence-electron chi connectivity index (χ3n) is 4.80. The highest BCUT2D eigenvalue weighted by Gasteiger charge is 2.47. The molecule has 1 N–H and O–H groups in total. The van der Waals surface area contributed by atoms with E-state index < -0.39 is 17.7 Å². The SMILES string of the molecule is COc1ccc(C(O)=C2C(=O)C(=O)N(CCN(C)C)[C@H]2c2ccco2)c(OC)c1. The van der Waals surface area contributed by atoms with Crippen molar-refractivity contribution in [3.05, 3.63) is 53.5 Å². The van der Waals surface area contributed by atoms with Crippen LogP contribution in [0.3, 0.4) is 0 Å². The second kappa shape index (κ2) is 8.40. The summed E-state index contributed by atoms with van der Waals surface area (Å²) in [5.41, 5.74) is 0.252. The molecule has 2 heterocycles. The number of Topliss-reactive ketones (excluding diaryl/α,β-unsaturated/α-hetero) is 1. The fraction of sp³-hybridized carbons (Fsp3) is 0.333. The third-order valence-corrected chi connectivity index (χ3v) is 4.80. The first-order valence-corrected chi connectivity index (χ1v) is 9.08. The molecule has 154 valence electrons. The molecule has 1 fully saturated rings. The van der Waals surface area contributed by atoms with Crippen molar-refractivity contribution in [2.24, 2.45) is 0 Å². The molecule has 8 heteroatoms. The van der Waals surface area contributed by atoms with E-state index in [-0.39, 0.29) is 16.9 Å². The predicted octanol–water partition coefficient (Wildman–Crippen LogP) is 2.28. The Balaban J connectivity index is 2.14. The van der Waals surface area contributed by atoms with Gasteiger partial charge in [0, 0.05) is 19.2 Å². The zero-order chi connectivity index (χ0) is 21.1. The molecule has 0 saturated carbocycles. The summed E-state index contributed by atoms with van der Waals surface area (Å²) in [4.78, 5) is 28.9. The Labute approximate surface area is 168 Å². The fourth-order valence-corrected chi connectivity index (χ4v) is 3.30. The number of aliphatic hydroxyl groups is 1. The lowest BCUT2D eigenvalue weighted by Gasteiger charge is -2.24. The van der Waals surface area contributed by atoms with Crippen molar-refractivity contribution in [1.82, 2.24) is 9.80 Å². The van der Waals surface area contributed by atoms with E-state index in [2.05, 4.69) is 0 Å². The summed E-state index contributed by atoms with van der Waals surface area (Å²) in [7, 11) is 6.72. The average Bonchev–Trinajstić information content (AvgIpc) is 3.32. The first kappa shape index (κ1) is 20.5. The third kappa shape index (κ3) is 3.84. The van der Waals surface area contributed by atoms with Crippen LogP contribution in [0.25, 0.3) is 5.76 Å². The van der Waals surface area contributed by atoms with E-state index in [1.54, 1.807) is 30.3 Å². The van der Waals surface area contributed by atoms with E-state index >= 15 is 0 Å². The topological polar surface area (TPSA) is 92.5 Å². The lowest BCUT2D eigenvalue weighted by atomic mass is 9.98. The van der Waals surface area contributed by atoms with Crippen LogP contribution in [0.1, 0.15) is 17.4 Å². The van der Waals surface area contributed by atoms with E-state index in [4.69, 9.17) is 13.9 Å². The second-order valence-electron chi connectivity index (χ2n) is 6.88. The van der Waals surface area contributed by atoms with Crippen molar-refractivity contribution in [2.45, 2.75) is 6.04 Å². The number of amides is 1. The molecule has 29 heavy (non-hydrogen) atoms. The molecule has 1 atom stereocenters. The van der Waals surface area contributed by atoms with E-state index in [9.17, 15) is 14.7 Å². The van der Waals surface area contributed by atoms with Crippen LogP contribution in [0.4, 0.5) is 0 Å². The van der Waals surface area contributed by atoms with Crippen LogP contribution in [0.2, 0.25) is 0 Å². The molecule has 0 aliphatic carbocycles. The van der Waals surface area contributed by atoms with Gasteiger partial charge >= 0.3 is 0 Å². The van der Waals surface area contributed by atoms with Crippen LogP contribution in [0.15, 0.2) is 46.6 Å². The Morgan fingerprint density at radius 1 is 1.21 bits per heavy atom. The zero-order valence-electron chi connectivity index (χ0n) is 16.8. The van der Waals surface area contributed by atoms with Gasteiger partial charge in [-0.2, -0.15) is 0 Å². The van der Waals surface area contributed by atoms with Gasteiger partial charge in [-0.05, 0) is 38.4 Å². The number of carbonyl (C=O) groups is 2. The van der Waals surface area contributed by atoms with Crippen LogP contribution in [-0.2, 0) is 9.59 Å². The number of furan rings is 1. The highest BCUT2D eigenvalue weighted by molar-refractivity contribution is 6.46. The number of ether oxygens (including phenoxy) is 2. The van der Waals surface area contributed by atoms with Gasteiger partial charge in [0.05, 0.1) is 31.6 Å². The molecule has 8 nitrogen and oxygen atoms in total. The van der Waals surface area contributed by atoms with Crippen molar-refractivity contribution >= 4 is 17.4 Å². The van der Waals surface area contributed by atoms with E-state index in [1.165, 1.54) is 25.4 Å².